The minimum atomic E-state index is -5.08. The van der Waals surface area contributed by atoms with Crippen molar-refractivity contribution in [1.82, 2.24) is 29.6 Å². The number of amides is 1. The van der Waals surface area contributed by atoms with Gasteiger partial charge in [-0.3, -0.25) is 9.48 Å². The number of carboxylic acids is 1. The third-order valence-electron chi connectivity index (χ3n) is 13.4. The molecule has 0 saturated heterocycles. The molecule has 0 radical (unpaired) electrons. The van der Waals surface area contributed by atoms with Crippen LogP contribution in [0.5, 0.6) is 5.75 Å². The Morgan fingerprint density at radius 2 is 1.62 bits per heavy atom. The number of halogens is 5. The second-order valence-electron chi connectivity index (χ2n) is 16.6. The lowest BCUT2D eigenvalue weighted by atomic mass is 9.48. The van der Waals surface area contributed by atoms with E-state index in [0.717, 1.165) is 38.3 Å². The van der Waals surface area contributed by atoms with E-state index in [4.69, 9.17) is 4.74 Å². The van der Waals surface area contributed by atoms with Crippen molar-refractivity contribution < 1.29 is 41.4 Å². The number of alkyl halides is 5. The Balaban J connectivity index is 1.05. The highest BCUT2D eigenvalue weighted by Crippen LogP contribution is 2.58. The maximum Gasteiger partial charge on any atom is 0.434 e. The fourth-order valence-corrected chi connectivity index (χ4v) is 10.9. The fraction of sp³-hybridized carbons (Fsp3) is 0.575. The summed E-state index contributed by atoms with van der Waals surface area (Å²) in [5.41, 5.74) is -3.13. The number of aromatic nitrogens is 5. The van der Waals surface area contributed by atoms with Gasteiger partial charge in [0, 0.05) is 60.1 Å². The lowest BCUT2D eigenvalue weighted by Gasteiger charge is -2.59. The molecule has 6 saturated carbocycles. The van der Waals surface area contributed by atoms with E-state index in [-0.39, 0.29) is 67.1 Å². The van der Waals surface area contributed by atoms with E-state index in [1.54, 1.807) is 30.6 Å². The molecule has 2 N–H and O–H groups in total. The van der Waals surface area contributed by atoms with Gasteiger partial charge in [-0.25, -0.2) is 23.5 Å². The summed E-state index contributed by atoms with van der Waals surface area (Å²) < 4.78 is 83.2. The number of nitrogens with one attached hydrogen (secondary N) is 1. The molecule has 15 heteroatoms. The SMILES string of the molecule is O=C(NC1(C(=O)O)C2CC3CC(C2)CC1C3)c1cnc(-c2cn(C3CCC(F)(F)CC3)c3ccc(OC4CCC(n5cccn5)CC4)cc23)nc1C(F)(F)F. The van der Waals surface area contributed by atoms with Crippen LogP contribution in [0.1, 0.15) is 112 Å². The first kappa shape index (κ1) is 36.1. The molecule has 0 atom stereocenters. The molecule has 3 aromatic heterocycles. The zero-order valence-electron chi connectivity index (χ0n) is 30.2. The lowest BCUT2D eigenvalue weighted by Crippen LogP contribution is -2.70. The first-order chi connectivity index (χ1) is 26.3. The van der Waals surface area contributed by atoms with Gasteiger partial charge in [-0.05, 0) is 119 Å². The van der Waals surface area contributed by atoms with Crippen LogP contribution in [0.15, 0.2) is 49.1 Å². The molecular formula is C40H43F5N6O4. The Morgan fingerprint density at radius 3 is 2.24 bits per heavy atom. The Bertz CT molecular complexity index is 2070. The molecule has 3 heterocycles. The molecule has 0 unspecified atom stereocenters. The molecule has 1 amide bonds. The summed E-state index contributed by atoms with van der Waals surface area (Å²) in [7, 11) is 0. The number of nitrogens with zero attached hydrogens (tertiary/aromatic N) is 5. The van der Waals surface area contributed by atoms with Crippen LogP contribution in [0, 0.1) is 23.7 Å². The number of carboxylic acid groups (broad SMARTS) is 1. The minimum Gasteiger partial charge on any atom is -0.490 e. The second kappa shape index (κ2) is 13.3. The van der Waals surface area contributed by atoms with E-state index in [1.165, 1.54) is 0 Å². The highest BCUT2D eigenvalue weighted by molar-refractivity contribution is 6.00. The average Bonchev–Trinajstić information content (AvgIpc) is 3.82. The van der Waals surface area contributed by atoms with Crippen molar-refractivity contribution in [2.45, 2.75) is 119 Å². The Hall–Kier alpha value is -4.56. The van der Waals surface area contributed by atoms with Crippen molar-refractivity contribution in [2.24, 2.45) is 23.7 Å². The van der Waals surface area contributed by atoms with Crippen molar-refractivity contribution in [3.8, 4) is 17.1 Å². The summed E-state index contributed by atoms with van der Waals surface area (Å²) in [6.45, 7) is 0. The molecule has 10 rings (SSSR count). The van der Waals surface area contributed by atoms with Crippen LogP contribution in [0.25, 0.3) is 22.3 Å². The van der Waals surface area contributed by atoms with Crippen molar-refractivity contribution >= 4 is 22.8 Å². The topological polar surface area (TPSA) is 124 Å². The zero-order chi connectivity index (χ0) is 38.3. The quantitative estimate of drug-likeness (QED) is 0.172. The predicted molar refractivity (Wildman–Crippen MR) is 189 cm³/mol. The third-order valence-corrected chi connectivity index (χ3v) is 13.4. The number of ether oxygens (including phenoxy) is 1. The van der Waals surface area contributed by atoms with E-state index in [0.29, 0.717) is 54.2 Å². The van der Waals surface area contributed by atoms with Gasteiger partial charge >= 0.3 is 12.1 Å². The Labute approximate surface area is 313 Å². The Morgan fingerprint density at radius 1 is 0.927 bits per heavy atom. The van der Waals surface area contributed by atoms with E-state index in [1.807, 2.05) is 21.5 Å². The van der Waals surface area contributed by atoms with Crippen LogP contribution in [-0.2, 0) is 11.0 Å². The second-order valence-corrected chi connectivity index (χ2v) is 16.6. The highest BCUT2D eigenvalue weighted by Gasteiger charge is 2.62. The van der Waals surface area contributed by atoms with Crippen molar-refractivity contribution in [3.63, 3.8) is 0 Å². The summed E-state index contributed by atoms with van der Waals surface area (Å²) >= 11 is 0. The molecule has 1 aromatic carbocycles. The van der Waals surface area contributed by atoms with E-state index in [2.05, 4.69) is 20.4 Å². The lowest BCUT2D eigenvalue weighted by molar-refractivity contribution is -0.163. The smallest absolute Gasteiger partial charge is 0.434 e. The van der Waals surface area contributed by atoms with E-state index < -0.39 is 40.8 Å². The number of rotatable bonds is 8. The largest absolute Gasteiger partial charge is 0.490 e. The van der Waals surface area contributed by atoms with Gasteiger partial charge in [-0.1, -0.05) is 0 Å². The molecule has 55 heavy (non-hydrogen) atoms. The number of fused-ring (bicyclic) bond motifs is 1. The van der Waals surface area contributed by atoms with Crippen LogP contribution >= 0.6 is 0 Å². The van der Waals surface area contributed by atoms with Gasteiger partial charge in [0.05, 0.1) is 17.7 Å². The monoisotopic (exact) mass is 766 g/mol. The molecule has 4 aromatic rings. The maximum atomic E-state index is 14.9. The molecular weight excluding hydrogens is 723 g/mol. The van der Waals surface area contributed by atoms with Gasteiger partial charge in [-0.2, -0.15) is 18.3 Å². The molecule has 6 fully saturated rings. The van der Waals surface area contributed by atoms with Crippen LogP contribution in [0.4, 0.5) is 22.0 Å². The number of benzene rings is 1. The maximum absolute atomic E-state index is 14.9. The highest BCUT2D eigenvalue weighted by atomic mass is 19.4. The first-order valence-corrected chi connectivity index (χ1v) is 19.5. The summed E-state index contributed by atoms with van der Waals surface area (Å²) in [6.07, 6.45) is 7.46. The molecule has 10 nitrogen and oxygen atoms in total. The predicted octanol–water partition coefficient (Wildman–Crippen LogP) is 8.64. The van der Waals surface area contributed by atoms with E-state index in [9.17, 15) is 36.6 Å². The van der Waals surface area contributed by atoms with Gasteiger partial charge in [0.1, 0.15) is 11.3 Å². The molecule has 6 aliphatic carbocycles. The van der Waals surface area contributed by atoms with Crippen LogP contribution in [0.3, 0.4) is 0 Å². The van der Waals surface area contributed by atoms with Gasteiger partial charge in [0.25, 0.3) is 5.91 Å². The molecule has 4 bridgehead atoms. The summed E-state index contributed by atoms with van der Waals surface area (Å²) in [5.74, 6) is -4.98. The van der Waals surface area contributed by atoms with Crippen molar-refractivity contribution in [3.05, 3.63) is 60.3 Å². The Kier molecular flexibility index (Phi) is 8.72. The standard InChI is InChI=1S/C40H43F5N6O4/c41-38(42)10-8-26(9-11-38)50-21-32(30-19-29(6-7-33(30)50)55-28-4-2-27(3-5-28)51-13-1-12-47-51)35-46-20-31(34(48-35)40(43,44)45)36(52)49-39(37(53)54)24-15-22-14-23(17-24)18-25(39)16-22/h1,6-7,12-13,19-28H,2-5,8-11,14-18H2,(H,49,52)(H,53,54). The van der Waals surface area contributed by atoms with Crippen LogP contribution < -0.4 is 10.1 Å². The molecule has 0 aliphatic heterocycles. The third kappa shape index (κ3) is 6.44. The fourth-order valence-electron chi connectivity index (χ4n) is 10.9. The number of carbonyl (C=O) groups excluding carboxylic acids is 1. The molecule has 0 spiro atoms. The molecule has 6 aliphatic rings. The normalized spacial score (nSPS) is 30.4. The summed E-state index contributed by atoms with van der Waals surface area (Å²) in [4.78, 5) is 35.0. The molecule has 292 valence electrons. The number of carbonyl (C=O) groups is 2. The average molecular weight is 767 g/mol. The minimum absolute atomic E-state index is 0.0928. The van der Waals surface area contributed by atoms with Gasteiger partial charge in [-0.15, -0.1) is 0 Å². The summed E-state index contributed by atoms with van der Waals surface area (Å²) in [5, 5.41) is 18.0. The van der Waals surface area contributed by atoms with Gasteiger partial charge in [0.15, 0.2) is 11.5 Å². The zero-order valence-corrected chi connectivity index (χ0v) is 30.2. The summed E-state index contributed by atoms with van der Waals surface area (Å²) in [6, 6.07) is 7.14. The van der Waals surface area contributed by atoms with Crippen molar-refractivity contribution in [2.75, 3.05) is 0 Å². The number of hydrogen-bond acceptors (Lipinski definition) is 6. The van der Waals surface area contributed by atoms with E-state index >= 15 is 0 Å². The van der Waals surface area contributed by atoms with Crippen LogP contribution in [-0.4, -0.2) is 58.9 Å². The van der Waals surface area contributed by atoms with Crippen molar-refractivity contribution in [1.29, 1.82) is 0 Å². The first-order valence-electron chi connectivity index (χ1n) is 19.5. The number of aliphatic carboxylic acids is 1. The number of hydrogen-bond donors (Lipinski definition) is 2. The van der Waals surface area contributed by atoms with Gasteiger partial charge < -0.3 is 19.7 Å². The van der Waals surface area contributed by atoms with Crippen LogP contribution in [0.2, 0.25) is 0 Å². The van der Waals surface area contributed by atoms with Gasteiger partial charge in [0.2, 0.25) is 5.92 Å².